The molecule has 2 N–H and O–H groups in total. The van der Waals surface area contributed by atoms with E-state index in [0.717, 1.165) is 25.5 Å². The second-order valence-electron chi connectivity index (χ2n) is 5.86. The van der Waals surface area contributed by atoms with E-state index in [2.05, 4.69) is 17.6 Å². The zero-order chi connectivity index (χ0) is 15.5. The third kappa shape index (κ3) is 4.74. The number of hydrogen-bond donors (Lipinski definition) is 2. The molecule has 2 atom stereocenters. The summed E-state index contributed by atoms with van der Waals surface area (Å²) in [5.41, 5.74) is 0.587. The summed E-state index contributed by atoms with van der Waals surface area (Å²) in [5, 5.41) is 5.71. The first-order valence-corrected chi connectivity index (χ1v) is 9.11. The summed E-state index contributed by atoms with van der Waals surface area (Å²) in [7, 11) is -3.21. The van der Waals surface area contributed by atoms with Gasteiger partial charge in [-0.1, -0.05) is 19.8 Å². The molecule has 0 heterocycles. The van der Waals surface area contributed by atoms with E-state index in [4.69, 9.17) is 0 Å². The van der Waals surface area contributed by atoms with E-state index in [-0.39, 0.29) is 17.0 Å². The first-order chi connectivity index (χ1) is 9.84. The van der Waals surface area contributed by atoms with Crippen molar-refractivity contribution in [1.82, 2.24) is 5.32 Å². The molecule has 116 valence electrons. The van der Waals surface area contributed by atoms with E-state index in [1.54, 1.807) is 12.1 Å². The van der Waals surface area contributed by atoms with Crippen molar-refractivity contribution in [1.29, 1.82) is 0 Å². The van der Waals surface area contributed by atoms with Crippen molar-refractivity contribution < 1.29 is 13.2 Å². The Kier molecular flexibility index (Phi) is 4.88. The molecule has 1 aromatic rings. The summed E-state index contributed by atoms with van der Waals surface area (Å²) in [5.74, 6) is 0.651. The molecule has 1 aromatic carbocycles. The molecule has 2 amide bonds. The minimum atomic E-state index is -3.21. The third-order valence-electron chi connectivity index (χ3n) is 3.81. The van der Waals surface area contributed by atoms with Crippen molar-refractivity contribution in [2.75, 3.05) is 11.6 Å². The molecular formula is C15H22N2O3S. The largest absolute Gasteiger partial charge is 0.335 e. The van der Waals surface area contributed by atoms with Gasteiger partial charge in [-0.25, -0.2) is 13.2 Å². The van der Waals surface area contributed by atoms with Crippen LogP contribution in [0, 0.1) is 5.92 Å². The highest BCUT2D eigenvalue weighted by Crippen LogP contribution is 2.23. The molecule has 2 rings (SSSR count). The minimum Gasteiger partial charge on any atom is -0.335 e. The van der Waals surface area contributed by atoms with E-state index >= 15 is 0 Å². The molecule has 1 aliphatic rings. The number of hydrogen-bond acceptors (Lipinski definition) is 3. The van der Waals surface area contributed by atoms with Crippen LogP contribution in [0.1, 0.15) is 32.6 Å². The van der Waals surface area contributed by atoms with Crippen LogP contribution in [0.2, 0.25) is 0 Å². The molecule has 21 heavy (non-hydrogen) atoms. The number of urea groups is 1. The summed E-state index contributed by atoms with van der Waals surface area (Å²) in [6.07, 6.45) is 5.57. The predicted octanol–water partition coefficient (Wildman–Crippen LogP) is 2.79. The smallest absolute Gasteiger partial charge is 0.319 e. The van der Waals surface area contributed by atoms with Crippen molar-refractivity contribution in [2.24, 2.45) is 5.92 Å². The Morgan fingerprint density at radius 1 is 1.19 bits per heavy atom. The van der Waals surface area contributed by atoms with Crippen LogP contribution in [0.5, 0.6) is 0 Å². The van der Waals surface area contributed by atoms with Gasteiger partial charge in [-0.15, -0.1) is 0 Å². The van der Waals surface area contributed by atoms with Crippen LogP contribution in [0.25, 0.3) is 0 Å². The van der Waals surface area contributed by atoms with Gasteiger partial charge in [-0.3, -0.25) is 0 Å². The number of rotatable bonds is 3. The lowest BCUT2D eigenvalue weighted by Crippen LogP contribution is -2.40. The Labute approximate surface area is 126 Å². The molecule has 0 unspecified atom stereocenters. The zero-order valence-corrected chi connectivity index (χ0v) is 13.2. The van der Waals surface area contributed by atoms with Crippen molar-refractivity contribution in [3.63, 3.8) is 0 Å². The molecule has 0 bridgehead atoms. The standard InChI is InChI=1S/C15H22N2O3S/c1-11-4-3-5-13(10-11)17-15(18)16-12-6-8-14(9-7-12)21(2,19)20/h6-9,11,13H,3-5,10H2,1-2H3,(H2,16,17,18)/t11-,13+/m0/s1. The Hall–Kier alpha value is -1.56. The van der Waals surface area contributed by atoms with Gasteiger partial charge in [-0.2, -0.15) is 0 Å². The van der Waals surface area contributed by atoms with Gasteiger partial charge in [0.25, 0.3) is 0 Å². The van der Waals surface area contributed by atoms with E-state index < -0.39 is 9.84 Å². The topological polar surface area (TPSA) is 75.3 Å². The third-order valence-corrected chi connectivity index (χ3v) is 4.94. The minimum absolute atomic E-state index is 0.226. The first kappa shape index (κ1) is 15.8. The molecule has 0 radical (unpaired) electrons. The summed E-state index contributed by atoms with van der Waals surface area (Å²) in [4.78, 5) is 12.2. The quantitative estimate of drug-likeness (QED) is 0.901. The fourth-order valence-corrected chi connectivity index (χ4v) is 3.33. The number of sulfone groups is 1. The number of anilines is 1. The lowest BCUT2D eigenvalue weighted by Gasteiger charge is -2.27. The Balaban J connectivity index is 1.90. The van der Waals surface area contributed by atoms with Crippen LogP contribution >= 0.6 is 0 Å². The van der Waals surface area contributed by atoms with E-state index in [1.165, 1.54) is 18.6 Å². The number of amides is 2. The van der Waals surface area contributed by atoms with Gasteiger partial charge in [0.15, 0.2) is 9.84 Å². The summed E-state index contributed by atoms with van der Waals surface area (Å²) in [6, 6.07) is 6.17. The summed E-state index contributed by atoms with van der Waals surface area (Å²) in [6.45, 7) is 2.20. The van der Waals surface area contributed by atoms with Crippen LogP contribution < -0.4 is 10.6 Å². The summed E-state index contributed by atoms with van der Waals surface area (Å²) < 4.78 is 22.7. The fourth-order valence-electron chi connectivity index (χ4n) is 2.70. The summed E-state index contributed by atoms with van der Waals surface area (Å²) >= 11 is 0. The van der Waals surface area contributed by atoms with Crippen molar-refractivity contribution in [3.05, 3.63) is 24.3 Å². The van der Waals surface area contributed by atoms with Gasteiger partial charge in [0.2, 0.25) is 0 Å². The van der Waals surface area contributed by atoms with Gasteiger partial charge in [0, 0.05) is 18.0 Å². The van der Waals surface area contributed by atoms with Crippen LogP contribution in [-0.4, -0.2) is 26.7 Å². The van der Waals surface area contributed by atoms with Crippen molar-refractivity contribution >= 4 is 21.6 Å². The highest BCUT2D eigenvalue weighted by atomic mass is 32.2. The molecule has 1 aliphatic carbocycles. The van der Waals surface area contributed by atoms with Crippen molar-refractivity contribution in [3.8, 4) is 0 Å². The highest BCUT2D eigenvalue weighted by Gasteiger charge is 2.20. The predicted molar refractivity (Wildman–Crippen MR) is 83.1 cm³/mol. The average molecular weight is 310 g/mol. The molecule has 6 heteroatoms. The van der Waals surface area contributed by atoms with Gasteiger partial charge < -0.3 is 10.6 Å². The van der Waals surface area contributed by atoms with Gasteiger partial charge in [0.1, 0.15) is 0 Å². The normalized spacial score (nSPS) is 22.6. The number of benzene rings is 1. The maximum Gasteiger partial charge on any atom is 0.319 e. The molecule has 1 saturated carbocycles. The fraction of sp³-hybridized carbons (Fsp3) is 0.533. The number of nitrogens with one attached hydrogen (secondary N) is 2. The van der Waals surface area contributed by atoms with Gasteiger partial charge >= 0.3 is 6.03 Å². The monoisotopic (exact) mass is 310 g/mol. The molecule has 0 saturated heterocycles. The lowest BCUT2D eigenvalue weighted by atomic mass is 9.87. The molecule has 5 nitrogen and oxygen atoms in total. The van der Waals surface area contributed by atoms with E-state index in [1.807, 2.05) is 0 Å². The van der Waals surface area contributed by atoms with E-state index in [9.17, 15) is 13.2 Å². The molecular weight excluding hydrogens is 288 g/mol. The lowest BCUT2D eigenvalue weighted by molar-refractivity contribution is 0.238. The highest BCUT2D eigenvalue weighted by molar-refractivity contribution is 7.90. The van der Waals surface area contributed by atoms with E-state index in [0.29, 0.717) is 11.6 Å². The van der Waals surface area contributed by atoms with Crippen molar-refractivity contribution in [2.45, 2.75) is 43.5 Å². The number of carbonyl (C=O) groups excluding carboxylic acids is 1. The first-order valence-electron chi connectivity index (χ1n) is 7.22. The number of carbonyl (C=O) groups is 1. The Morgan fingerprint density at radius 3 is 2.43 bits per heavy atom. The molecule has 0 spiro atoms. The molecule has 0 aliphatic heterocycles. The Bertz CT molecular complexity index is 596. The van der Waals surface area contributed by atoms with Gasteiger partial charge in [-0.05, 0) is 43.0 Å². The second kappa shape index (κ2) is 6.47. The molecule has 1 fully saturated rings. The van der Waals surface area contributed by atoms with Gasteiger partial charge in [0.05, 0.1) is 4.90 Å². The van der Waals surface area contributed by atoms with Crippen LogP contribution in [0.15, 0.2) is 29.2 Å². The Morgan fingerprint density at radius 2 is 1.86 bits per heavy atom. The second-order valence-corrected chi connectivity index (χ2v) is 7.88. The van der Waals surface area contributed by atoms with Crippen LogP contribution in [-0.2, 0) is 9.84 Å². The molecule has 0 aromatic heterocycles. The van der Waals surface area contributed by atoms with Crippen LogP contribution in [0.3, 0.4) is 0 Å². The van der Waals surface area contributed by atoms with Crippen LogP contribution in [0.4, 0.5) is 10.5 Å². The zero-order valence-electron chi connectivity index (χ0n) is 12.4. The SMILES string of the molecule is C[C@H]1CCC[C@@H](NC(=O)Nc2ccc(S(C)(=O)=O)cc2)C1. The average Bonchev–Trinajstić information content (AvgIpc) is 2.38. The maximum atomic E-state index is 11.9. The maximum absolute atomic E-state index is 11.9.